The third kappa shape index (κ3) is 4.79. The standard InChI is InChI=1S/C27H24ClF2N5O3/c1-15-7-23(35-12-19(30)10-31-35)20-5-4-6-24(26(20)32-15)38-14-21-17(8-18(29)9-22(21)28)11-34-13-25(36)33(3)16(2)27(34)37/h4-10,12,16H,11,13-14H2,1-3H3. The van der Waals surface area contributed by atoms with E-state index in [2.05, 4.69) is 10.1 Å². The van der Waals surface area contributed by atoms with Gasteiger partial charge in [-0.1, -0.05) is 23.7 Å². The molecule has 2 amide bonds. The number of aromatic nitrogens is 3. The van der Waals surface area contributed by atoms with Crippen LogP contribution in [0.5, 0.6) is 5.75 Å². The smallest absolute Gasteiger partial charge is 0.245 e. The Bertz CT molecular complexity index is 1570. The largest absolute Gasteiger partial charge is 0.487 e. The molecule has 1 saturated heterocycles. The second kappa shape index (κ2) is 10.0. The Morgan fingerprint density at radius 3 is 2.68 bits per heavy atom. The van der Waals surface area contributed by atoms with Crippen molar-refractivity contribution in [2.75, 3.05) is 13.6 Å². The lowest BCUT2D eigenvalue weighted by Gasteiger charge is -2.36. The maximum absolute atomic E-state index is 14.3. The van der Waals surface area contributed by atoms with Crippen LogP contribution in [-0.2, 0) is 22.7 Å². The van der Waals surface area contributed by atoms with Crippen molar-refractivity contribution in [2.24, 2.45) is 0 Å². The van der Waals surface area contributed by atoms with E-state index in [1.54, 1.807) is 32.2 Å². The summed E-state index contributed by atoms with van der Waals surface area (Å²) in [5, 5.41) is 4.90. The topological polar surface area (TPSA) is 80.6 Å². The number of hydrogen-bond donors (Lipinski definition) is 0. The number of ether oxygens (including phenoxy) is 1. The van der Waals surface area contributed by atoms with Crippen molar-refractivity contribution >= 4 is 34.3 Å². The Hall–Kier alpha value is -4.05. The molecule has 8 nitrogen and oxygen atoms in total. The molecule has 2 aromatic heterocycles. The highest BCUT2D eigenvalue weighted by atomic mass is 35.5. The van der Waals surface area contributed by atoms with Gasteiger partial charge in [-0.05, 0) is 43.7 Å². The van der Waals surface area contributed by atoms with Gasteiger partial charge in [-0.15, -0.1) is 0 Å². The zero-order valence-electron chi connectivity index (χ0n) is 20.9. The van der Waals surface area contributed by atoms with Crippen molar-refractivity contribution in [3.8, 4) is 11.4 Å². The zero-order valence-corrected chi connectivity index (χ0v) is 21.7. The van der Waals surface area contributed by atoms with Crippen molar-refractivity contribution in [3.05, 3.63) is 82.3 Å². The summed E-state index contributed by atoms with van der Waals surface area (Å²) in [5.74, 6) is -1.04. The van der Waals surface area contributed by atoms with Gasteiger partial charge >= 0.3 is 0 Å². The molecule has 1 aliphatic rings. The summed E-state index contributed by atoms with van der Waals surface area (Å²) in [6, 6.07) is 8.99. The van der Waals surface area contributed by atoms with Crippen molar-refractivity contribution < 1.29 is 23.1 Å². The summed E-state index contributed by atoms with van der Waals surface area (Å²) in [4.78, 5) is 32.5. The lowest BCUT2D eigenvalue weighted by molar-refractivity contribution is -0.154. The summed E-state index contributed by atoms with van der Waals surface area (Å²) >= 11 is 6.43. The van der Waals surface area contributed by atoms with E-state index in [0.717, 1.165) is 6.20 Å². The van der Waals surface area contributed by atoms with E-state index in [-0.39, 0.29) is 36.5 Å². The Morgan fingerprint density at radius 2 is 1.95 bits per heavy atom. The van der Waals surface area contributed by atoms with Gasteiger partial charge in [-0.2, -0.15) is 5.10 Å². The molecule has 38 heavy (non-hydrogen) atoms. The van der Waals surface area contributed by atoms with E-state index in [4.69, 9.17) is 16.3 Å². The highest BCUT2D eigenvalue weighted by Crippen LogP contribution is 2.31. The molecule has 0 saturated carbocycles. The molecule has 0 bridgehead atoms. The molecule has 196 valence electrons. The molecule has 3 heterocycles. The Morgan fingerprint density at radius 1 is 1.16 bits per heavy atom. The fraction of sp³-hybridized carbons (Fsp3) is 0.259. The number of piperazine rings is 1. The third-order valence-corrected chi connectivity index (χ3v) is 7.00. The predicted molar refractivity (Wildman–Crippen MR) is 137 cm³/mol. The zero-order chi connectivity index (χ0) is 27.1. The van der Waals surface area contributed by atoms with Crippen LogP contribution in [0.15, 0.2) is 48.8 Å². The summed E-state index contributed by atoms with van der Waals surface area (Å²) in [6.45, 7) is 3.30. The van der Waals surface area contributed by atoms with Crippen molar-refractivity contribution in [2.45, 2.75) is 33.0 Å². The molecule has 2 aromatic carbocycles. The molecule has 0 N–H and O–H groups in total. The third-order valence-electron chi connectivity index (χ3n) is 6.66. The maximum Gasteiger partial charge on any atom is 0.245 e. The molecule has 4 aromatic rings. The average molecular weight is 540 g/mol. The molecule has 1 aliphatic heterocycles. The number of amides is 2. The van der Waals surface area contributed by atoms with Crippen LogP contribution >= 0.6 is 11.6 Å². The Labute approximate surface area is 222 Å². The van der Waals surface area contributed by atoms with Crippen LogP contribution in [0.4, 0.5) is 8.78 Å². The first-order chi connectivity index (χ1) is 18.1. The number of aryl methyl sites for hydroxylation is 1. The van der Waals surface area contributed by atoms with E-state index in [9.17, 15) is 18.4 Å². The highest BCUT2D eigenvalue weighted by Gasteiger charge is 2.34. The van der Waals surface area contributed by atoms with E-state index in [1.165, 1.54) is 32.8 Å². The second-order valence-corrected chi connectivity index (χ2v) is 9.63. The number of nitrogens with zero attached hydrogens (tertiary/aromatic N) is 5. The molecule has 0 aliphatic carbocycles. The summed E-state index contributed by atoms with van der Waals surface area (Å²) in [7, 11) is 1.58. The molecule has 11 heteroatoms. The minimum atomic E-state index is -0.623. The minimum absolute atomic E-state index is 0.000827. The summed E-state index contributed by atoms with van der Waals surface area (Å²) in [5.41, 5.74) is 2.76. The van der Waals surface area contributed by atoms with E-state index >= 15 is 0 Å². The van der Waals surface area contributed by atoms with Gasteiger partial charge in [0.2, 0.25) is 11.8 Å². The minimum Gasteiger partial charge on any atom is -0.487 e. The number of benzene rings is 2. The summed E-state index contributed by atoms with van der Waals surface area (Å²) in [6.07, 6.45) is 2.40. The number of hydrogen-bond acceptors (Lipinski definition) is 5. The first-order valence-corrected chi connectivity index (χ1v) is 12.2. The SMILES string of the molecule is Cc1cc(-n2cc(F)cn2)c2cccc(OCc3c(Cl)cc(F)cc3CN3CC(=O)N(C)C(C)C3=O)c2n1. The number of likely N-dealkylation sites (N-methyl/N-ethyl adjacent to an activating group) is 1. The first kappa shape index (κ1) is 25.6. The molecule has 1 unspecified atom stereocenters. The molecule has 0 spiro atoms. The lowest BCUT2D eigenvalue weighted by Crippen LogP contribution is -2.56. The fourth-order valence-electron chi connectivity index (χ4n) is 4.51. The second-order valence-electron chi connectivity index (χ2n) is 9.23. The predicted octanol–water partition coefficient (Wildman–Crippen LogP) is 4.43. The normalized spacial score (nSPS) is 16.0. The van der Waals surface area contributed by atoms with Gasteiger partial charge in [-0.25, -0.2) is 18.4 Å². The molecule has 5 rings (SSSR count). The molecular formula is C27H24ClF2N5O3. The maximum atomic E-state index is 14.3. The molecule has 1 fully saturated rings. The fourth-order valence-corrected chi connectivity index (χ4v) is 4.79. The quantitative estimate of drug-likeness (QED) is 0.362. The van der Waals surface area contributed by atoms with Gasteiger partial charge in [0.1, 0.15) is 36.3 Å². The number of halogens is 3. The van der Waals surface area contributed by atoms with Crippen LogP contribution < -0.4 is 4.74 Å². The van der Waals surface area contributed by atoms with Gasteiger partial charge in [0.05, 0.1) is 23.1 Å². The van der Waals surface area contributed by atoms with Crippen molar-refractivity contribution in [1.82, 2.24) is 24.6 Å². The van der Waals surface area contributed by atoms with Crippen molar-refractivity contribution in [1.29, 1.82) is 0 Å². The number of pyridine rings is 1. The van der Waals surface area contributed by atoms with Crippen LogP contribution in [0.25, 0.3) is 16.6 Å². The van der Waals surface area contributed by atoms with Crippen LogP contribution in [0.2, 0.25) is 5.02 Å². The number of carbonyl (C=O) groups excluding carboxylic acids is 2. The lowest BCUT2D eigenvalue weighted by atomic mass is 10.1. The molecule has 0 radical (unpaired) electrons. The number of para-hydroxylation sites is 1. The van der Waals surface area contributed by atoms with Crippen LogP contribution in [0, 0.1) is 18.6 Å². The van der Waals surface area contributed by atoms with E-state index in [0.29, 0.717) is 39.2 Å². The van der Waals surface area contributed by atoms with Gasteiger partial charge in [0.15, 0.2) is 5.82 Å². The monoisotopic (exact) mass is 539 g/mol. The highest BCUT2D eigenvalue weighted by molar-refractivity contribution is 6.31. The number of rotatable bonds is 6. The van der Waals surface area contributed by atoms with Crippen LogP contribution in [0.1, 0.15) is 23.7 Å². The van der Waals surface area contributed by atoms with E-state index in [1.807, 2.05) is 13.0 Å². The first-order valence-electron chi connectivity index (χ1n) is 11.9. The average Bonchev–Trinajstić information content (AvgIpc) is 3.31. The van der Waals surface area contributed by atoms with Crippen LogP contribution in [-0.4, -0.2) is 56.0 Å². The van der Waals surface area contributed by atoms with E-state index < -0.39 is 17.7 Å². The molecule has 1 atom stereocenters. The van der Waals surface area contributed by atoms with Crippen molar-refractivity contribution in [3.63, 3.8) is 0 Å². The van der Waals surface area contributed by atoms with Gasteiger partial charge in [0, 0.05) is 30.2 Å². The van der Waals surface area contributed by atoms with Gasteiger partial charge in [-0.3, -0.25) is 9.59 Å². The summed E-state index contributed by atoms with van der Waals surface area (Å²) < 4.78 is 35.6. The number of carbonyl (C=O) groups is 2. The Balaban J connectivity index is 1.47. The van der Waals surface area contributed by atoms with Crippen LogP contribution in [0.3, 0.4) is 0 Å². The number of fused-ring (bicyclic) bond motifs is 1. The Kier molecular flexibility index (Phi) is 6.75. The van der Waals surface area contributed by atoms with Gasteiger partial charge in [0.25, 0.3) is 0 Å². The van der Waals surface area contributed by atoms with Gasteiger partial charge < -0.3 is 14.5 Å². The molecular weight excluding hydrogens is 516 g/mol.